The number of carbonyl (C=O) groups is 1. The predicted octanol–water partition coefficient (Wildman–Crippen LogP) is 6.06. The minimum absolute atomic E-state index is 0.120. The Hall–Kier alpha value is -0.610. The van der Waals surface area contributed by atoms with Gasteiger partial charge in [0.15, 0.2) is 0 Å². The maximum atomic E-state index is 12.9. The second-order valence-electron chi connectivity index (χ2n) is 12.0. The molecular formula is C28H54N2O2. The van der Waals surface area contributed by atoms with Crippen molar-refractivity contribution in [2.75, 3.05) is 6.54 Å². The van der Waals surface area contributed by atoms with Gasteiger partial charge >= 0.3 is 0 Å². The molecule has 0 aromatic rings. The molecule has 1 amide bonds. The predicted molar refractivity (Wildman–Crippen MR) is 135 cm³/mol. The fourth-order valence-electron chi connectivity index (χ4n) is 6.42. The number of aliphatic hydroxyl groups excluding tert-OH is 1. The van der Waals surface area contributed by atoms with Gasteiger partial charge < -0.3 is 16.2 Å². The molecule has 2 saturated carbocycles. The van der Waals surface area contributed by atoms with Crippen LogP contribution in [0.15, 0.2) is 0 Å². The van der Waals surface area contributed by atoms with E-state index in [-0.39, 0.29) is 29.2 Å². The van der Waals surface area contributed by atoms with Gasteiger partial charge in [-0.05, 0) is 87.4 Å². The Morgan fingerprint density at radius 2 is 1.62 bits per heavy atom. The lowest BCUT2D eigenvalue weighted by molar-refractivity contribution is -0.128. The van der Waals surface area contributed by atoms with Crippen molar-refractivity contribution in [3.05, 3.63) is 0 Å². The second-order valence-corrected chi connectivity index (χ2v) is 12.0. The molecule has 0 radical (unpaired) electrons. The molecule has 2 aliphatic rings. The quantitative estimate of drug-likeness (QED) is 0.316. The molecule has 0 saturated heterocycles. The molecule has 32 heavy (non-hydrogen) atoms. The van der Waals surface area contributed by atoms with Crippen molar-refractivity contribution in [3.63, 3.8) is 0 Å². The molecule has 2 aliphatic carbocycles. The summed E-state index contributed by atoms with van der Waals surface area (Å²) in [5.41, 5.74) is 6.79. The molecule has 188 valence electrons. The lowest BCUT2D eigenvalue weighted by atomic mass is 9.65. The van der Waals surface area contributed by atoms with E-state index in [1.54, 1.807) is 0 Å². The average molecular weight is 451 g/mol. The molecule has 2 rings (SSSR count). The van der Waals surface area contributed by atoms with Crippen LogP contribution in [0.4, 0.5) is 0 Å². The first kappa shape index (κ1) is 27.6. The van der Waals surface area contributed by atoms with E-state index in [9.17, 15) is 9.90 Å². The molecule has 4 nitrogen and oxygen atoms in total. The van der Waals surface area contributed by atoms with E-state index < -0.39 is 6.10 Å². The first-order valence-electron chi connectivity index (χ1n) is 13.9. The Balaban J connectivity index is 2.11. The standard InChI is InChI=1S/C28H54N2O2/c1-6-7-17-30-27(32)24(21(4)5)18-26(31)25(19-28(29)15-9-8-10-16-28)23-13-11-22(12-14-23)20(2)3/h20-26,31H,6-19,29H2,1-5H3,(H,30,32). The lowest BCUT2D eigenvalue weighted by Crippen LogP contribution is -2.48. The van der Waals surface area contributed by atoms with E-state index in [0.29, 0.717) is 12.3 Å². The Labute approximate surface area is 198 Å². The fourth-order valence-corrected chi connectivity index (χ4v) is 6.42. The highest BCUT2D eigenvalue weighted by Crippen LogP contribution is 2.43. The van der Waals surface area contributed by atoms with E-state index in [2.05, 4.69) is 39.9 Å². The largest absolute Gasteiger partial charge is 0.393 e. The van der Waals surface area contributed by atoms with Gasteiger partial charge in [0, 0.05) is 18.0 Å². The lowest BCUT2D eigenvalue weighted by Gasteiger charge is -2.43. The first-order valence-corrected chi connectivity index (χ1v) is 13.9. The summed E-state index contributed by atoms with van der Waals surface area (Å²) in [6.07, 6.45) is 14.0. The first-order chi connectivity index (χ1) is 15.2. The van der Waals surface area contributed by atoms with Crippen LogP contribution >= 0.6 is 0 Å². The van der Waals surface area contributed by atoms with Gasteiger partial charge in [-0.15, -0.1) is 0 Å². The fraction of sp³-hybridized carbons (Fsp3) is 0.964. The minimum atomic E-state index is -0.442. The van der Waals surface area contributed by atoms with Crippen molar-refractivity contribution in [2.45, 2.75) is 130 Å². The van der Waals surface area contributed by atoms with Crippen molar-refractivity contribution in [1.29, 1.82) is 0 Å². The number of hydrogen-bond acceptors (Lipinski definition) is 3. The Morgan fingerprint density at radius 3 is 2.16 bits per heavy atom. The van der Waals surface area contributed by atoms with E-state index in [1.165, 1.54) is 44.9 Å². The highest BCUT2D eigenvalue weighted by atomic mass is 16.3. The van der Waals surface area contributed by atoms with Gasteiger partial charge in [-0.1, -0.05) is 60.3 Å². The number of amides is 1. The van der Waals surface area contributed by atoms with Crippen LogP contribution in [-0.4, -0.2) is 29.2 Å². The molecule has 0 bridgehead atoms. The number of rotatable bonds is 12. The number of hydrogen-bond donors (Lipinski definition) is 3. The summed E-state index contributed by atoms with van der Waals surface area (Å²) in [6.45, 7) is 11.8. The van der Waals surface area contributed by atoms with E-state index >= 15 is 0 Å². The summed E-state index contributed by atoms with van der Waals surface area (Å²) in [4.78, 5) is 12.9. The molecule has 0 spiro atoms. The Kier molecular flexibility index (Phi) is 11.5. The highest BCUT2D eigenvalue weighted by Gasteiger charge is 2.40. The van der Waals surface area contributed by atoms with Crippen molar-refractivity contribution >= 4 is 5.91 Å². The topological polar surface area (TPSA) is 75.3 Å². The maximum absolute atomic E-state index is 12.9. The van der Waals surface area contributed by atoms with E-state index in [1.807, 2.05) is 0 Å². The van der Waals surface area contributed by atoms with Gasteiger partial charge in [-0.3, -0.25) is 4.79 Å². The van der Waals surface area contributed by atoms with Crippen LogP contribution in [0.5, 0.6) is 0 Å². The number of nitrogens with two attached hydrogens (primary N) is 1. The maximum Gasteiger partial charge on any atom is 0.223 e. The molecule has 4 heteroatoms. The van der Waals surface area contributed by atoms with Gasteiger partial charge in [0.2, 0.25) is 5.91 Å². The van der Waals surface area contributed by atoms with Crippen molar-refractivity contribution in [2.24, 2.45) is 41.2 Å². The van der Waals surface area contributed by atoms with Gasteiger partial charge in [0.1, 0.15) is 0 Å². The zero-order chi connectivity index (χ0) is 23.7. The van der Waals surface area contributed by atoms with Crippen LogP contribution < -0.4 is 11.1 Å². The molecule has 0 aromatic heterocycles. The molecule has 2 fully saturated rings. The average Bonchev–Trinajstić information content (AvgIpc) is 2.76. The molecular weight excluding hydrogens is 396 g/mol. The smallest absolute Gasteiger partial charge is 0.223 e. The van der Waals surface area contributed by atoms with Crippen LogP contribution in [0.25, 0.3) is 0 Å². The third kappa shape index (κ3) is 8.31. The normalized spacial score (nSPS) is 26.7. The molecule has 3 unspecified atom stereocenters. The van der Waals surface area contributed by atoms with Gasteiger partial charge in [0.25, 0.3) is 0 Å². The summed E-state index contributed by atoms with van der Waals surface area (Å²) in [7, 11) is 0. The number of aliphatic hydroxyl groups is 1. The zero-order valence-corrected chi connectivity index (χ0v) is 21.9. The number of carbonyl (C=O) groups excluding carboxylic acids is 1. The van der Waals surface area contributed by atoms with Crippen molar-refractivity contribution in [3.8, 4) is 0 Å². The summed E-state index contributed by atoms with van der Waals surface area (Å²) in [5, 5.41) is 14.7. The second kappa shape index (κ2) is 13.3. The Morgan fingerprint density at radius 1 is 1.03 bits per heavy atom. The summed E-state index contributed by atoms with van der Waals surface area (Å²) < 4.78 is 0. The van der Waals surface area contributed by atoms with E-state index in [4.69, 9.17) is 5.73 Å². The Bertz CT molecular complexity index is 534. The van der Waals surface area contributed by atoms with E-state index in [0.717, 1.165) is 50.5 Å². The SMILES string of the molecule is CCCCNC(=O)C(CC(O)C(CC1(N)CCCCC1)C1CCC(C(C)C)CC1)C(C)C. The van der Waals surface area contributed by atoms with Gasteiger partial charge in [-0.25, -0.2) is 0 Å². The third-order valence-electron chi connectivity index (χ3n) is 8.82. The summed E-state index contributed by atoms with van der Waals surface area (Å²) in [6, 6.07) is 0. The zero-order valence-electron chi connectivity index (χ0n) is 21.9. The van der Waals surface area contributed by atoms with Crippen LogP contribution in [0.2, 0.25) is 0 Å². The monoisotopic (exact) mass is 450 g/mol. The van der Waals surface area contributed by atoms with Crippen LogP contribution in [0.1, 0.15) is 118 Å². The molecule has 0 aliphatic heterocycles. The third-order valence-corrected chi connectivity index (χ3v) is 8.82. The summed E-state index contributed by atoms with van der Waals surface area (Å²) in [5.74, 6) is 2.54. The summed E-state index contributed by atoms with van der Waals surface area (Å²) >= 11 is 0. The molecule has 4 N–H and O–H groups in total. The minimum Gasteiger partial charge on any atom is -0.393 e. The van der Waals surface area contributed by atoms with Gasteiger partial charge in [-0.2, -0.15) is 0 Å². The number of unbranched alkanes of at least 4 members (excludes halogenated alkanes) is 1. The van der Waals surface area contributed by atoms with Crippen LogP contribution in [0.3, 0.4) is 0 Å². The molecule has 3 atom stereocenters. The number of nitrogens with one attached hydrogen (secondary N) is 1. The van der Waals surface area contributed by atoms with Crippen molar-refractivity contribution < 1.29 is 9.90 Å². The van der Waals surface area contributed by atoms with Crippen LogP contribution in [-0.2, 0) is 4.79 Å². The molecule has 0 aromatic carbocycles. The molecule has 0 heterocycles. The highest BCUT2D eigenvalue weighted by molar-refractivity contribution is 5.78. The van der Waals surface area contributed by atoms with Crippen molar-refractivity contribution in [1.82, 2.24) is 5.32 Å². The van der Waals surface area contributed by atoms with Crippen LogP contribution in [0, 0.1) is 35.5 Å². The van der Waals surface area contributed by atoms with Gasteiger partial charge in [0.05, 0.1) is 6.10 Å².